The van der Waals surface area contributed by atoms with Crippen LogP contribution in [-0.2, 0) is 4.79 Å². The Morgan fingerprint density at radius 3 is 3.08 bits per heavy atom. The molecule has 1 rings (SSSR count). The molecule has 0 spiro atoms. The van der Waals surface area contributed by atoms with Crippen molar-refractivity contribution >= 4 is 17.4 Å². The number of nitrogens with two attached hydrogens (primary N) is 1. The van der Waals surface area contributed by atoms with Crippen LogP contribution < -0.4 is 11.1 Å². The highest BCUT2D eigenvalue weighted by Crippen LogP contribution is 2.07. The van der Waals surface area contributed by atoms with Crippen molar-refractivity contribution in [1.29, 1.82) is 0 Å². The molecule has 0 aliphatic heterocycles. The molecule has 1 aromatic heterocycles. The number of anilines is 2. The Balaban J connectivity index is 2.76. The van der Waals surface area contributed by atoms with E-state index in [0.717, 1.165) is 0 Å². The zero-order valence-corrected chi connectivity index (χ0v) is 6.45. The Labute approximate surface area is 70.1 Å². The fraction of sp³-hybridized carbons (Fsp3) is 0. The van der Waals surface area contributed by atoms with Gasteiger partial charge in [-0.2, -0.15) is 0 Å². The number of aromatic nitrogens is 1. The summed E-state index contributed by atoms with van der Waals surface area (Å²) in [6, 6.07) is 3.21. The van der Waals surface area contributed by atoms with E-state index in [4.69, 9.17) is 5.73 Å². The van der Waals surface area contributed by atoms with Gasteiger partial charge in [0, 0.05) is 18.0 Å². The molecule has 0 radical (unpaired) electrons. The van der Waals surface area contributed by atoms with Crippen LogP contribution >= 0.6 is 0 Å². The number of carbonyl (C=O) groups is 1. The average Bonchev–Trinajstić information content (AvgIpc) is 2.04. The number of hydrogen-bond donors (Lipinski definition) is 2. The van der Waals surface area contributed by atoms with Crippen molar-refractivity contribution in [3.05, 3.63) is 31.0 Å². The largest absolute Gasteiger partial charge is 0.399 e. The van der Waals surface area contributed by atoms with Crippen LogP contribution in [-0.4, -0.2) is 10.9 Å². The van der Waals surface area contributed by atoms with Gasteiger partial charge in [0.2, 0.25) is 5.91 Å². The summed E-state index contributed by atoms with van der Waals surface area (Å²) in [7, 11) is 0. The number of carbonyl (C=O) groups excluding carboxylic acids is 1. The van der Waals surface area contributed by atoms with Gasteiger partial charge in [-0.3, -0.25) is 4.79 Å². The van der Waals surface area contributed by atoms with E-state index in [1.807, 2.05) is 0 Å². The van der Waals surface area contributed by atoms with Crippen LogP contribution in [0, 0.1) is 0 Å². The van der Waals surface area contributed by atoms with Crippen molar-refractivity contribution in [2.24, 2.45) is 0 Å². The Morgan fingerprint density at radius 2 is 2.50 bits per heavy atom. The third kappa shape index (κ3) is 2.09. The molecule has 1 amide bonds. The summed E-state index contributed by atoms with van der Waals surface area (Å²) in [6.07, 6.45) is 2.69. The number of amides is 1. The summed E-state index contributed by atoms with van der Waals surface area (Å²) in [5.74, 6) is 0.132. The third-order valence-corrected chi connectivity index (χ3v) is 1.22. The molecule has 0 unspecified atom stereocenters. The van der Waals surface area contributed by atoms with Crippen LogP contribution in [0.1, 0.15) is 0 Å². The van der Waals surface area contributed by atoms with E-state index in [9.17, 15) is 4.79 Å². The first-order chi connectivity index (χ1) is 5.72. The van der Waals surface area contributed by atoms with Gasteiger partial charge in [0.15, 0.2) is 0 Å². The molecule has 0 bridgehead atoms. The smallest absolute Gasteiger partial charge is 0.248 e. The molecule has 0 saturated heterocycles. The summed E-state index contributed by atoms with van der Waals surface area (Å²) in [5.41, 5.74) is 6.02. The molecule has 4 heteroatoms. The van der Waals surface area contributed by atoms with E-state index in [-0.39, 0.29) is 5.91 Å². The summed E-state index contributed by atoms with van der Waals surface area (Å²) in [5, 5.41) is 2.48. The Bertz CT molecular complexity index is 309. The lowest BCUT2D eigenvalue weighted by molar-refractivity contribution is -0.111. The van der Waals surface area contributed by atoms with Gasteiger partial charge in [-0.15, -0.1) is 0 Å². The second-order valence-corrected chi connectivity index (χ2v) is 2.17. The molecule has 4 nitrogen and oxygen atoms in total. The lowest BCUT2D eigenvalue weighted by Gasteiger charge is -2.00. The monoisotopic (exact) mass is 163 g/mol. The van der Waals surface area contributed by atoms with Gasteiger partial charge in [0.25, 0.3) is 0 Å². The highest BCUT2D eigenvalue weighted by atomic mass is 16.1. The minimum Gasteiger partial charge on any atom is -0.399 e. The average molecular weight is 163 g/mol. The molecule has 0 fully saturated rings. The highest BCUT2D eigenvalue weighted by Gasteiger charge is 1.96. The van der Waals surface area contributed by atoms with Gasteiger partial charge in [-0.25, -0.2) is 4.98 Å². The molecule has 1 aromatic rings. The van der Waals surface area contributed by atoms with Crippen LogP contribution in [0.2, 0.25) is 0 Å². The van der Waals surface area contributed by atoms with Gasteiger partial charge in [0.05, 0.1) is 0 Å². The molecule has 0 atom stereocenters. The predicted octanol–water partition coefficient (Wildman–Crippen LogP) is 0.788. The molecule has 0 aromatic carbocycles. The van der Waals surface area contributed by atoms with Crippen molar-refractivity contribution in [3.8, 4) is 0 Å². The van der Waals surface area contributed by atoms with E-state index in [2.05, 4.69) is 16.9 Å². The quantitative estimate of drug-likeness (QED) is 0.633. The number of nitrogens with one attached hydrogen (secondary N) is 1. The molecule has 0 aliphatic carbocycles. The van der Waals surface area contributed by atoms with Gasteiger partial charge in [-0.1, -0.05) is 6.58 Å². The van der Waals surface area contributed by atoms with Crippen molar-refractivity contribution in [2.45, 2.75) is 0 Å². The van der Waals surface area contributed by atoms with Crippen LogP contribution in [0.5, 0.6) is 0 Å². The molecule has 0 aliphatic rings. The SMILES string of the molecule is C=CC(=O)Nc1cc(N)ccn1. The fourth-order valence-electron chi connectivity index (χ4n) is 0.693. The normalized spacial score (nSPS) is 9.00. The Morgan fingerprint density at radius 1 is 1.75 bits per heavy atom. The number of nitrogen functional groups attached to an aromatic ring is 1. The minimum absolute atomic E-state index is 0.298. The second kappa shape index (κ2) is 3.52. The van der Waals surface area contributed by atoms with Crippen LogP contribution in [0.25, 0.3) is 0 Å². The van der Waals surface area contributed by atoms with Crippen molar-refractivity contribution < 1.29 is 4.79 Å². The maximum absolute atomic E-state index is 10.8. The van der Waals surface area contributed by atoms with Gasteiger partial charge in [-0.05, 0) is 12.1 Å². The minimum atomic E-state index is -0.298. The molecular formula is C8H9N3O. The Hall–Kier alpha value is -1.84. The fourth-order valence-corrected chi connectivity index (χ4v) is 0.693. The van der Waals surface area contributed by atoms with Crippen LogP contribution in [0.4, 0.5) is 11.5 Å². The molecular weight excluding hydrogens is 154 g/mol. The first kappa shape index (κ1) is 8.26. The van der Waals surface area contributed by atoms with Crippen LogP contribution in [0.15, 0.2) is 31.0 Å². The van der Waals surface area contributed by atoms with Gasteiger partial charge < -0.3 is 11.1 Å². The summed E-state index contributed by atoms with van der Waals surface area (Å²) in [6.45, 7) is 3.31. The Kier molecular flexibility index (Phi) is 2.42. The summed E-state index contributed by atoms with van der Waals surface area (Å²) < 4.78 is 0. The number of nitrogens with zero attached hydrogens (tertiary/aromatic N) is 1. The van der Waals surface area contributed by atoms with Gasteiger partial charge in [0.1, 0.15) is 5.82 Å². The second-order valence-electron chi connectivity index (χ2n) is 2.17. The predicted molar refractivity (Wildman–Crippen MR) is 47.5 cm³/mol. The van der Waals surface area contributed by atoms with E-state index >= 15 is 0 Å². The first-order valence-corrected chi connectivity index (χ1v) is 3.37. The molecule has 62 valence electrons. The first-order valence-electron chi connectivity index (χ1n) is 3.37. The lowest BCUT2D eigenvalue weighted by Crippen LogP contribution is -2.08. The lowest BCUT2D eigenvalue weighted by atomic mass is 10.4. The van der Waals surface area contributed by atoms with E-state index in [1.54, 1.807) is 12.1 Å². The van der Waals surface area contributed by atoms with Crippen molar-refractivity contribution in [1.82, 2.24) is 4.98 Å². The zero-order chi connectivity index (χ0) is 8.97. The van der Waals surface area contributed by atoms with Crippen molar-refractivity contribution in [2.75, 3.05) is 11.1 Å². The molecule has 1 heterocycles. The van der Waals surface area contributed by atoms with E-state index in [1.165, 1.54) is 12.3 Å². The topological polar surface area (TPSA) is 68.0 Å². The maximum atomic E-state index is 10.8. The van der Waals surface area contributed by atoms with E-state index < -0.39 is 0 Å². The summed E-state index contributed by atoms with van der Waals surface area (Å²) in [4.78, 5) is 14.7. The molecule has 3 N–H and O–H groups in total. The maximum Gasteiger partial charge on any atom is 0.248 e. The van der Waals surface area contributed by atoms with Gasteiger partial charge >= 0.3 is 0 Å². The number of pyridine rings is 1. The zero-order valence-electron chi connectivity index (χ0n) is 6.45. The van der Waals surface area contributed by atoms with Crippen molar-refractivity contribution in [3.63, 3.8) is 0 Å². The highest BCUT2D eigenvalue weighted by molar-refractivity contribution is 5.98. The number of rotatable bonds is 2. The van der Waals surface area contributed by atoms with Crippen LogP contribution in [0.3, 0.4) is 0 Å². The van der Waals surface area contributed by atoms with E-state index in [0.29, 0.717) is 11.5 Å². The standard InChI is InChI=1S/C8H9N3O/c1-2-8(12)11-7-5-6(9)3-4-10-7/h2-5H,1H2,(H3,9,10,11,12). The molecule has 0 saturated carbocycles. The third-order valence-electron chi connectivity index (χ3n) is 1.22. The number of hydrogen-bond acceptors (Lipinski definition) is 3. The molecule has 12 heavy (non-hydrogen) atoms. The summed E-state index contributed by atoms with van der Waals surface area (Å²) >= 11 is 0.